The quantitative estimate of drug-likeness (QED) is 0.542. The van der Waals surface area contributed by atoms with E-state index in [1.807, 2.05) is 0 Å². The number of amides is 1. The highest BCUT2D eigenvalue weighted by atomic mass is 19.1. The van der Waals surface area contributed by atoms with Gasteiger partial charge in [-0.25, -0.2) is 18.8 Å². The fourth-order valence-corrected chi connectivity index (χ4v) is 4.15. The van der Waals surface area contributed by atoms with Gasteiger partial charge in [-0.2, -0.15) is 4.68 Å². The summed E-state index contributed by atoms with van der Waals surface area (Å²) in [4.78, 5) is 39.6. The Hall–Kier alpha value is -4.22. The summed E-state index contributed by atoms with van der Waals surface area (Å²) in [7, 11) is 1.33. The molecule has 2 aromatic carbocycles. The lowest BCUT2D eigenvalue weighted by Crippen LogP contribution is -2.47. The molecule has 12 heteroatoms. The number of methoxy groups -OCH3 is 1. The molecule has 0 bridgehead atoms. The molecule has 0 radical (unpaired) electrons. The molecule has 1 fully saturated rings. The standard InChI is InChI=1S/C22H22FN5O6/c1-34-18-11-10-14(12-15(18)20(30)31)26(13-6-3-2-4-7-13)21(32)28-22(33)27(24-25-28)19-16(23)8-5-9-17(19)29/h5,8-13,29H,2-4,6-7H2,1H3,(H,30,31). The van der Waals surface area contributed by atoms with E-state index in [0.717, 1.165) is 25.3 Å². The first kappa shape index (κ1) is 23.0. The van der Waals surface area contributed by atoms with E-state index in [1.54, 1.807) is 0 Å². The topological polar surface area (TPSA) is 140 Å². The zero-order valence-corrected chi connectivity index (χ0v) is 18.2. The van der Waals surface area contributed by atoms with Crippen molar-refractivity contribution in [2.75, 3.05) is 12.0 Å². The van der Waals surface area contributed by atoms with Gasteiger partial charge in [0.25, 0.3) is 0 Å². The first-order valence-corrected chi connectivity index (χ1v) is 10.6. The van der Waals surface area contributed by atoms with Crippen LogP contribution in [0.15, 0.2) is 41.2 Å². The van der Waals surface area contributed by atoms with E-state index in [2.05, 4.69) is 10.4 Å². The van der Waals surface area contributed by atoms with E-state index < -0.39 is 34.9 Å². The van der Waals surface area contributed by atoms with Gasteiger partial charge < -0.3 is 14.9 Å². The maximum absolute atomic E-state index is 14.3. The maximum atomic E-state index is 14.3. The van der Waals surface area contributed by atoms with Crippen LogP contribution >= 0.6 is 0 Å². The summed E-state index contributed by atoms with van der Waals surface area (Å²) in [5.74, 6) is -2.60. The normalized spacial score (nSPS) is 14.1. The minimum absolute atomic E-state index is 0.116. The van der Waals surface area contributed by atoms with Crippen LogP contribution in [0.3, 0.4) is 0 Å². The van der Waals surface area contributed by atoms with Gasteiger partial charge in [-0.15, -0.1) is 4.68 Å². The monoisotopic (exact) mass is 471 g/mol. The predicted octanol–water partition coefficient (Wildman–Crippen LogP) is 2.79. The second-order valence-electron chi connectivity index (χ2n) is 7.83. The van der Waals surface area contributed by atoms with E-state index in [1.165, 1.54) is 42.3 Å². The number of para-hydroxylation sites is 1. The Balaban J connectivity index is 1.81. The van der Waals surface area contributed by atoms with Gasteiger partial charge in [0, 0.05) is 11.7 Å². The van der Waals surface area contributed by atoms with E-state index in [9.17, 15) is 29.0 Å². The molecule has 1 aliphatic carbocycles. The molecule has 0 atom stereocenters. The molecular formula is C22H22FN5O6. The number of anilines is 1. The molecule has 3 aromatic rings. The molecule has 4 rings (SSSR count). The van der Waals surface area contributed by atoms with Gasteiger partial charge >= 0.3 is 17.7 Å². The number of aromatic nitrogens is 4. The number of ether oxygens (including phenoxy) is 1. The lowest BCUT2D eigenvalue weighted by atomic mass is 9.94. The number of benzene rings is 2. The van der Waals surface area contributed by atoms with Crippen molar-refractivity contribution < 1.29 is 28.9 Å². The molecule has 1 aromatic heterocycles. The molecule has 178 valence electrons. The van der Waals surface area contributed by atoms with Crippen molar-refractivity contribution in [3.05, 3.63) is 58.3 Å². The van der Waals surface area contributed by atoms with Crippen LogP contribution in [0.5, 0.6) is 11.5 Å². The van der Waals surface area contributed by atoms with Crippen molar-refractivity contribution in [1.29, 1.82) is 0 Å². The number of hydrogen-bond acceptors (Lipinski definition) is 7. The van der Waals surface area contributed by atoms with E-state index >= 15 is 0 Å². The first-order chi connectivity index (χ1) is 16.3. The van der Waals surface area contributed by atoms with Crippen LogP contribution in [0.4, 0.5) is 14.9 Å². The minimum atomic E-state index is -1.24. The minimum Gasteiger partial charge on any atom is -0.506 e. The summed E-state index contributed by atoms with van der Waals surface area (Å²) >= 11 is 0. The molecule has 1 saturated carbocycles. The molecule has 34 heavy (non-hydrogen) atoms. The number of carbonyl (C=O) groups excluding carboxylic acids is 1. The molecule has 1 amide bonds. The Bertz CT molecular complexity index is 1280. The molecule has 2 N–H and O–H groups in total. The van der Waals surface area contributed by atoms with Crippen molar-refractivity contribution >= 4 is 17.7 Å². The summed E-state index contributed by atoms with van der Waals surface area (Å²) in [6.07, 6.45) is 3.96. The van der Waals surface area contributed by atoms with Crippen LogP contribution in [-0.2, 0) is 0 Å². The maximum Gasteiger partial charge on any atom is 0.377 e. The zero-order valence-electron chi connectivity index (χ0n) is 18.2. The van der Waals surface area contributed by atoms with Gasteiger partial charge in [0.1, 0.15) is 22.7 Å². The van der Waals surface area contributed by atoms with E-state index in [0.29, 0.717) is 22.2 Å². The third-order valence-electron chi connectivity index (χ3n) is 5.78. The Labute approximate surface area is 192 Å². The number of hydrogen-bond donors (Lipinski definition) is 2. The number of carbonyl (C=O) groups is 2. The van der Waals surface area contributed by atoms with Crippen LogP contribution in [0.1, 0.15) is 42.5 Å². The Morgan fingerprint density at radius 3 is 2.53 bits per heavy atom. The molecule has 0 unspecified atom stereocenters. The van der Waals surface area contributed by atoms with E-state index in [4.69, 9.17) is 4.74 Å². The zero-order chi connectivity index (χ0) is 24.4. The number of phenolic OH excluding ortho intramolecular Hbond substituents is 1. The van der Waals surface area contributed by atoms with Gasteiger partial charge in [-0.3, -0.25) is 4.90 Å². The Morgan fingerprint density at radius 1 is 1.15 bits per heavy atom. The van der Waals surface area contributed by atoms with Gasteiger partial charge in [0.2, 0.25) is 0 Å². The van der Waals surface area contributed by atoms with Gasteiger partial charge in [0.15, 0.2) is 5.82 Å². The van der Waals surface area contributed by atoms with Crippen LogP contribution < -0.4 is 15.3 Å². The number of carboxylic acid groups (broad SMARTS) is 1. The highest BCUT2D eigenvalue weighted by Gasteiger charge is 2.32. The highest BCUT2D eigenvalue weighted by Crippen LogP contribution is 2.31. The third-order valence-corrected chi connectivity index (χ3v) is 5.78. The summed E-state index contributed by atoms with van der Waals surface area (Å²) < 4.78 is 20.3. The summed E-state index contributed by atoms with van der Waals surface area (Å²) in [5, 5.41) is 26.8. The molecule has 1 heterocycles. The first-order valence-electron chi connectivity index (χ1n) is 10.6. The molecular weight excluding hydrogens is 449 g/mol. The van der Waals surface area contributed by atoms with Crippen LogP contribution in [0.2, 0.25) is 0 Å². The Kier molecular flexibility index (Phi) is 6.30. The molecule has 0 spiro atoms. The number of phenols is 1. The number of aromatic carboxylic acids is 1. The number of tetrazole rings is 1. The van der Waals surface area contributed by atoms with Crippen molar-refractivity contribution in [2.45, 2.75) is 38.1 Å². The van der Waals surface area contributed by atoms with Crippen molar-refractivity contribution in [2.24, 2.45) is 0 Å². The van der Waals surface area contributed by atoms with Crippen molar-refractivity contribution in [3.8, 4) is 17.2 Å². The van der Waals surface area contributed by atoms with Crippen LogP contribution in [-0.4, -0.2) is 55.2 Å². The number of halogens is 1. The smallest absolute Gasteiger partial charge is 0.377 e. The molecule has 1 aliphatic rings. The second-order valence-corrected chi connectivity index (χ2v) is 7.83. The number of rotatable bonds is 5. The molecule has 0 aliphatic heterocycles. The molecule has 0 saturated heterocycles. The average Bonchev–Trinajstić information content (AvgIpc) is 3.20. The SMILES string of the molecule is COc1ccc(N(C(=O)n2nnn(-c3c(O)cccc3F)c2=O)C2CCCCC2)cc1C(=O)O. The predicted molar refractivity (Wildman–Crippen MR) is 117 cm³/mol. The lowest BCUT2D eigenvalue weighted by molar-refractivity contribution is 0.0693. The van der Waals surface area contributed by atoms with Gasteiger partial charge in [-0.1, -0.05) is 25.3 Å². The van der Waals surface area contributed by atoms with Crippen molar-refractivity contribution in [3.63, 3.8) is 0 Å². The number of nitrogens with zero attached hydrogens (tertiary/aromatic N) is 5. The second kappa shape index (κ2) is 9.33. The highest BCUT2D eigenvalue weighted by molar-refractivity contribution is 5.97. The largest absolute Gasteiger partial charge is 0.506 e. The average molecular weight is 471 g/mol. The lowest BCUT2D eigenvalue weighted by Gasteiger charge is -2.33. The Morgan fingerprint density at radius 2 is 1.88 bits per heavy atom. The number of aromatic hydroxyl groups is 1. The molecule has 11 nitrogen and oxygen atoms in total. The summed E-state index contributed by atoms with van der Waals surface area (Å²) in [5.41, 5.74) is -1.53. The fourth-order valence-electron chi connectivity index (χ4n) is 4.15. The van der Waals surface area contributed by atoms with Crippen LogP contribution in [0, 0.1) is 5.82 Å². The summed E-state index contributed by atoms with van der Waals surface area (Å²) in [6.45, 7) is 0. The van der Waals surface area contributed by atoms with E-state index in [-0.39, 0.29) is 23.0 Å². The third kappa shape index (κ3) is 4.09. The van der Waals surface area contributed by atoms with Gasteiger partial charge in [0.05, 0.1) is 7.11 Å². The fraction of sp³-hybridized carbons (Fsp3) is 0.318. The number of carboxylic acids is 1. The van der Waals surface area contributed by atoms with Gasteiger partial charge in [-0.05, 0) is 53.6 Å². The summed E-state index contributed by atoms with van der Waals surface area (Å²) in [6, 6.07) is 6.51. The van der Waals surface area contributed by atoms with Crippen LogP contribution in [0.25, 0.3) is 5.69 Å². The van der Waals surface area contributed by atoms with Crippen molar-refractivity contribution in [1.82, 2.24) is 19.8 Å².